The Kier molecular flexibility index (Phi) is 3.93. The summed E-state index contributed by atoms with van der Waals surface area (Å²) in [4.78, 5) is 0. The highest BCUT2D eigenvalue weighted by molar-refractivity contribution is 9.10. The van der Waals surface area contributed by atoms with Gasteiger partial charge in [-0.1, -0.05) is 48.5 Å². The van der Waals surface area contributed by atoms with Crippen LogP contribution in [-0.4, -0.2) is 0 Å². The first-order chi connectivity index (χ1) is 10.2. The molecule has 106 valence electrons. The van der Waals surface area contributed by atoms with Crippen LogP contribution in [-0.2, 0) is 0 Å². The molecule has 0 aliphatic rings. The molecule has 3 rings (SSSR count). The smallest absolute Gasteiger partial charge is 0.147 e. The molecule has 0 aliphatic carbocycles. The average molecular weight is 344 g/mol. The molecule has 3 aromatic rings. The van der Waals surface area contributed by atoms with Crippen molar-refractivity contribution in [1.29, 1.82) is 0 Å². The summed E-state index contributed by atoms with van der Waals surface area (Å²) in [5, 5.41) is 5.64. The van der Waals surface area contributed by atoms with E-state index < -0.39 is 0 Å². The lowest BCUT2D eigenvalue weighted by Crippen LogP contribution is -2.09. The van der Waals surface area contributed by atoms with E-state index in [-0.39, 0.29) is 11.9 Å². The van der Waals surface area contributed by atoms with Gasteiger partial charge >= 0.3 is 0 Å². The molecule has 0 heterocycles. The number of benzene rings is 3. The van der Waals surface area contributed by atoms with Crippen molar-refractivity contribution in [3.05, 3.63) is 76.5 Å². The number of fused-ring (bicyclic) bond motifs is 1. The van der Waals surface area contributed by atoms with Crippen LogP contribution < -0.4 is 5.32 Å². The molecule has 0 aromatic heterocycles. The molecule has 21 heavy (non-hydrogen) atoms. The minimum absolute atomic E-state index is 0.00398. The van der Waals surface area contributed by atoms with Crippen LogP contribution in [0.15, 0.2) is 65.1 Å². The Bertz CT molecular complexity index is 760. The Morgan fingerprint density at radius 3 is 2.48 bits per heavy atom. The van der Waals surface area contributed by atoms with Crippen LogP contribution in [0, 0.1) is 5.82 Å². The van der Waals surface area contributed by atoms with E-state index in [0.717, 1.165) is 10.0 Å². The van der Waals surface area contributed by atoms with Gasteiger partial charge in [0.15, 0.2) is 0 Å². The van der Waals surface area contributed by atoms with Gasteiger partial charge in [0, 0.05) is 10.5 Å². The number of rotatable bonds is 3. The summed E-state index contributed by atoms with van der Waals surface area (Å²) >= 11 is 3.40. The SMILES string of the molecule is CC(Nc1c(F)cccc1Br)c1cccc2ccccc12. The minimum Gasteiger partial charge on any atom is -0.375 e. The van der Waals surface area contributed by atoms with Gasteiger partial charge < -0.3 is 5.32 Å². The van der Waals surface area contributed by atoms with Crippen molar-refractivity contribution in [2.24, 2.45) is 0 Å². The summed E-state index contributed by atoms with van der Waals surface area (Å²) in [6, 6.07) is 19.4. The van der Waals surface area contributed by atoms with Crippen molar-refractivity contribution in [3.63, 3.8) is 0 Å². The number of hydrogen-bond acceptors (Lipinski definition) is 1. The molecule has 0 bridgehead atoms. The predicted octanol–water partition coefficient (Wildman–Crippen LogP) is 5.91. The molecule has 1 atom stereocenters. The average Bonchev–Trinajstić information content (AvgIpc) is 2.50. The number of anilines is 1. The third kappa shape index (κ3) is 2.79. The van der Waals surface area contributed by atoms with Crippen LogP contribution in [0.5, 0.6) is 0 Å². The molecule has 0 aliphatic heterocycles. The highest BCUT2D eigenvalue weighted by Crippen LogP contribution is 2.31. The lowest BCUT2D eigenvalue weighted by molar-refractivity contribution is 0.627. The lowest BCUT2D eigenvalue weighted by Gasteiger charge is -2.19. The van der Waals surface area contributed by atoms with E-state index in [0.29, 0.717) is 5.69 Å². The molecule has 0 saturated heterocycles. The number of para-hydroxylation sites is 1. The van der Waals surface area contributed by atoms with Crippen LogP contribution in [0.2, 0.25) is 0 Å². The van der Waals surface area contributed by atoms with Gasteiger partial charge in [-0.05, 0) is 51.3 Å². The van der Waals surface area contributed by atoms with E-state index in [9.17, 15) is 4.39 Å². The molecule has 0 spiro atoms. The minimum atomic E-state index is -0.253. The zero-order chi connectivity index (χ0) is 14.8. The fourth-order valence-corrected chi connectivity index (χ4v) is 3.01. The van der Waals surface area contributed by atoms with Crippen molar-refractivity contribution in [1.82, 2.24) is 0 Å². The Labute approximate surface area is 131 Å². The van der Waals surface area contributed by atoms with E-state index in [1.807, 2.05) is 31.2 Å². The molecule has 1 N–H and O–H groups in total. The first-order valence-corrected chi connectivity index (χ1v) is 7.64. The van der Waals surface area contributed by atoms with Crippen molar-refractivity contribution in [2.75, 3.05) is 5.32 Å². The Balaban J connectivity index is 2.00. The van der Waals surface area contributed by atoms with Gasteiger partial charge in [-0.15, -0.1) is 0 Å². The van der Waals surface area contributed by atoms with Gasteiger partial charge in [0.25, 0.3) is 0 Å². The molecule has 0 fully saturated rings. The molecule has 3 aromatic carbocycles. The molecule has 0 amide bonds. The topological polar surface area (TPSA) is 12.0 Å². The van der Waals surface area contributed by atoms with Crippen molar-refractivity contribution < 1.29 is 4.39 Å². The van der Waals surface area contributed by atoms with Crippen LogP contribution in [0.4, 0.5) is 10.1 Å². The van der Waals surface area contributed by atoms with Gasteiger partial charge in [-0.3, -0.25) is 0 Å². The van der Waals surface area contributed by atoms with E-state index in [4.69, 9.17) is 0 Å². The van der Waals surface area contributed by atoms with Gasteiger partial charge in [-0.2, -0.15) is 0 Å². The van der Waals surface area contributed by atoms with Gasteiger partial charge in [0.05, 0.1) is 5.69 Å². The van der Waals surface area contributed by atoms with E-state index in [1.54, 1.807) is 6.07 Å². The number of halogens is 2. The molecule has 1 nitrogen and oxygen atoms in total. The summed E-state index contributed by atoms with van der Waals surface area (Å²) in [5.74, 6) is -0.253. The van der Waals surface area contributed by atoms with E-state index >= 15 is 0 Å². The zero-order valence-corrected chi connectivity index (χ0v) is 13.2. The molecular formula is C18H15BrFN. The van der Waals surface area contributed by atoms with Crippen molar-refractivity contribution in [2.45, 2.75) is 13.0 Å². The fourth-order valence-electron chi connectivity index (χ4n) is 2.56. The van der Waals surface area contributed by atoms with Crippen LogP contribution in [0.3, 0.4) is 0 Å². The van der Waals surface area contributed by atoms with Crippen LogP contribution in [0.25, 0.3) is 10.8 Å². The quantitative estimate of drug-likeness (QED) is 0.622. The van der Waals surface area contributed by atoms with Crippen LogP contribution in [0.1, 0.15) is 18.5 Å². The molecular weight excluding hydrogens is 329 g/mol. The monoisotopic (exact) mass is 343 g/mol. The molecule has 0 radical (unpaired) electrons. The van der Waals surface area contributed by atoms with Gasteiger partial charge in [-0.25, -0.2) is 4.39 Å². The third-order valence-corrected chi connectivity index (χ3v) is 4.27. The lowest BCUT2D eigenvalue weighted by atomic mass is 9.99. The van der Waals surface area contributed by atoms with E-state index in [2.05, 4.69) is 45.5 Å². The Morgan fingerprint density at radius 1 is 0.952 bits per heavy atom. The highest BCUT2D eigenvalue weighted by atomic mass is 79.9. The molecule has 3 heteroatoms. The second kappa shape index (κ2) is 5.86. The third-order valence-electron chi connectivity index (χ3n) is 3.61. The molecule has 1 unspecified atom stereocenters. The summed E-state index contributed by atoms with van der Waals surface area (Å²) in [6.45, 7) is 2.04. The largest absolute Gasteiger partial charge is 0.375 e. The van der Waals surface area contributed by atoms with Crippen molar-refractivity contribution >= 4 is 32.4 Å². The first-order valence-electron chi connectivity index (χ1n) is 6.85. The summed E-state index contributed by atoms with van der Waals surface area (Å²) < 4.78 is 14.7. The second-order valence-electron chi connectivity index (χ2n) is 5.03. The second-order valence-corrected chi connectivity index (χ2v) is 5.89. The molecule has 0 saturated carbocycles. The number of nitrogens with one attached hydrogen (secondary N) is 1. The summed E-state index contributed by atoms with van der Waals surface area (Å²) in [7, 11) is 0. The highest BCUT2D eigenvalue weighted by Gasteiger charge is 2.13. The summed E-state index contributed by atoms with van der Waals surface area (Å²) in [5.41, 5.74) is 1.65. The van der Waals surface area contributed by atoms with Gasteiger partial charge in [0.2, 0.25) is 0 Å². The standard InChI is InChI=1S/C18H15BrFN/c1-12(21-18-16(19)10-5-11-17(18)20)14-9-4-7-13-6-2-3-8-15(13)14/h2-12,21H,1H3. The maximum Gasteiger partial charge on any atom is 0.147 e. The summed E-state index contributed by atoms with van der Waals surface area (Å²) in [6.07, 6.45) is 0. The maximum atomic E-state index is 13.9. The Hall–Kier alpha value is -1.87. The predicted molar refractivity (Wildman–Crippen MR) is 90.1 cm³/mol. The Morgan fingerprint density at radius 2 is 1.67 bits per heavy atom. The normalized spacial score (nSPS) is 12.3. The first kappa shape index (κ1) is 14.1. The fraction of sp³-hybridized carbons (Fsp3) is 0.111. The van der Waals surface area contributed by atoms with E-state index in [1.165, 1.54) is 16.8 Å². The van der Waals surface area contributed by atoms with Crippen molar-refractivity contribution in [3.8, 4) is 0 Å². The maximum absolute atomic E-state index is 13.9. The zero-order valence-electron chi connectivity index (χ0n) is 11.6. The van der Waals surface area contributed by atoms with Crippen LogP contribution >= 0.6 is 15.9 Å². The van der Waals surface area contributed by atoms with Gasteiger partial charge in [0.1, 0.15) is 5.82 Å². The number of hydrogen-bond donors (Lipinski definition) is 1.